The Morgan fingerprint density at radius 3 is 2.22 bits per heavy atom. The first-order valence-corrected chi connectivity index (χ1v) is 7.41. The minimum absolute atomic E-state index is 0.0219. The zero-order valence-electron chi connectivity index (χ0n) is 12.8. The molecule has 2 aromatic rings. The van der Waals surface area contributed by atoms with Crippen molar-refractivity contribution in [1.29, 1.82) is 0 Å². The van der Waals surface area contributed by atoms with Gasteiger partial charge in [0.25, 0.3) is 11.8 Å². The van der Waals surface area contributed by atoms with Crippen LogP contribution in [0, 0.1) is 0 Å². The summed E-state index contributed by atoms with van der Waals surface area (Å²) in [7, 11) is 1.76. The van der Waals surface area contributed by atoms with Crippen molar-refractivity contribution in [2.75, 3.05) is 26.2 Å². The zero-order chi connectivity index (χ0) is 16.4. The molecular weight excluding hydrogens is 296 g/mol. The Kier molecular flexibility index (Phi) is 4.01. The van der Waals surface area contributed by atoms with Gasteiger partial charge in [0.1, 0.15) is 5.75 Å². The second-order valence-corrected chi connectivity index (χ2v) is 5.50. The number of carbonyl (C=O) groups excluding carboxylic acids is 2. The van der Waals surface area contributed by atoms with E-state index in [1.54, 1.807) is 52.1 Å². The third-order valence-electron chi connectivity index (χ3n) is 3.94. The highest BCUT2D eigenvalue weighted by Gasteiger charge is 2.26. The highest BCUT2D eigenvalue weighted by molar-refractivity contribution is 5.97. The van der Waals surface area contributed by atoms with E-state index in [9.17, 15) is 14.7 Å². The molecule has 3 rings (SSSR count). The maximum Gasteiger partial charge on any atom is 0.257 e. The van der Waals surface area contributed by atoms with Crippen molar-refractivity contribution in [3.05, 3.63) is 47.8 Å². The van der Waals surface area contributed by atoms with Crippen LogP contribution in [0.1, 0.15) is 20.7 Å². The molecule has 7 heteroatoms. The molecule has 120 valence electrons. The lowest BCUT2D eigenvalue weighted by molar-refractivity contribution is 0.0533. The van der Waals surface area contributed by atoms with Crippen molar-refractivity contribution >= 4 is 11.8 Å². The summed E-state index contributed by atoms with van der Waals surface area (Å²) >= 11 is 0. The monoisotopic (exact) mass is 314 g/mol. The summed E-state index contributed by atoms with van der Waals surface area (Å²) in [6, 6.07) is 6.49. The number of amides is 2. The second kappa shape index (κ2) is 6.12. The normalized spacial score (nSPS) is 14.8. The number of carbonyl (C=O) groups is 2. The average Bonchev–Trinajstić information content (AvgIpc) is 3.01. The van der Waals surface area contributed by atoms with Gasteiger partial charge in [0.15, 0.2) is 0 Å². The number of phenols is 1. The van der Waals surface area contributed by atoms with Crippen molar-refractivity contribution in [2.45, 2.75) is 0 Å². The second-order valence-electron chi connectivity index (χ2n) is 5.50. The van der Waals surface area contributed by atoms with Crippen molar-refractivity contribution in [3.8, 4) is 5.75 Å². The smallest absolute Gasteiger partial charge is 0.257 e. The van der Waals surface area contributed by atoms with Gasteiger partial charge in [-0.05, 0) is 12.1 Å². The molecule has 2 amide bonds. The quantitative estimate of drug-likeness (QED) is 0.886. The third kappa shape index (κ3) is 3.03. The Balaban J connectivity index is 1.63. The van der Waals surface area contributed by atoms with Gasteiger partial charge in [-0.25, -0.2) is 0 Å². The van der Waals surface area contributed by atoms with Crippen LogP contribution in [0.5, 0.6) is 5.75 Å². The first-order chi connectivity index (χ1) is 11.1. The fraction of sp³-hybridized carbons (Fsp3) is 0.312. The summed E-state index contributed by atoms with van der Waals surface area (Å²) in [5.74, 6) is -0.310. The lowest BCUT2D eigenvalue weighted by atomic mass is 10.1. The molecule has 0 unspecified atom stereocenters. The van der Waals surface area contributed by atoms with Crippen molar-refractivity contribution < 1.29 is 14.7 Å². The maximum atomic E-state index is 12.4. The highest BCUT2D eigenvalue weighted by Crippen LogP contribution is 2.19. The molecule has 1 aromatic heterocycles. The van der Waals surface area contributed by atoms with Crippen molar-refractivity contribution in [1.82, 2.24) is 19.6 Å². The first kappa shape index (κ1) is 15.1. The Morgan fingerprint density at radius 2 is 1.65 bits per heavy atom. The highest BCUT2D eigenvalue weighted by atomic mass is 16.3. The molecule has 1 aromatic carbocycles. The van der Waals surface area contributed by atoms with E-state index in [1.807, 2.05) is 0 Å². The molecule has 1 fully saturated rings. The van der Waals surface area contributed by atoms with E-state index in [4.69, 9.17) is 0 Å². The number of para-hydroxylation sites is 1. The van der Waals surface area contributed by atoms with E-state index in [2.05, 4.69) is 5.10 Å². The molecule has 1 N–H and O–H groups in total. The number of hydrogen-bond donors (Lipinski definition) is 1. The summed E-state index contributed by atoms with van der Waals surface area (Å²) in [5.41, 5.74) is 0.840. The zero-order valence-corrected chi connectivity index (χ0v) is 12.8. The van der Waals surface area contributed by atoms with Crippen LogP contribution in [0.2, 0.25) is 0 Å². The number of piperazine rings is 1. The van der Waals surface area contributed by atoms with E-state index in [1.165, 1.54) is 6.07 Å². The summed E-state index contributed by atoms with van der Waals surface area (Å²) < 4.78 is 1.59. The van der Waals surface area contributed by atoms with Gasteiger partial charge in [-0.2, -0.15) is 5.10 Å². The van der Waals surface area contributed by atoms with Gasteiger partial charge < -0.3 is 14.9 Å². The maximum absolute atomic E-state index is 12.4. The lowest BCUT2D eigenvalue weighted by Gasteiger charge is -2.34. The molecule has 2 heterocycles. The number of aryl methyl sites for hydroxylation is 1. The Labute approximate surface area is 133 Å². The molecule has 0 bridgehead atoms. The molecule has 0 saturated carbocycles. The number of rotatable bonds is 2. The lowest BCUT2D eigenvalue weighted by Crippen LogP contribution is -2.50. The molecular formula is C16H18N4O3. The number of phenolic OH excluding ortho intramolecular Hbond substituents is 1. The van der Waals surface area contributed by atoms with Crippen LogP contribution in [0.3, 0.4) is 0 Å². The molecule has 1 aliphatic heterocycles. The Morgan fingerprint density at radius 1 is 1.04 bits per heavy atom. The summed E-state index contributed by atoms with van der Waals surface area (Å²) in [4.78, 5) is 28.1. The Hall–Kier alpha value is -2.83. The Bertz CT molecular complexity index is 732. The van der Waals surface area contributed by atoms with Crippen LogP contribution < -0.4 is 0 Å². The van der Waals surface area contributed by atoms with E-state index in [0.717, 1.165) is 0 Å². The SMILES string of the molecule is Cn1cc(C(=O)N2CCN(C(=O)c3ccccc3O)CC2)cn1. The van der Waals surface area contributed by atoms with Gasteiger partial charge >= 0.3 is 0 Å². The van der Waals surface area contributed by atoms with E-state index < -0.39 is 0 Å². The standard InChI is InChI=1S/C16H18N4O3/c1-18-11-12(10-17-18)15(22)19-6-8-20(9-7-19)16(23)13-4-2-3-5-14(13)21/h2-5,10-11,21H,6-9H2,1H3. The summed E-state index contributed by atoms with van der Waals surface area (Å²) in [5, 5.41) is 13.8. The van der Waals surface area contributed by atoms with Crippen LogP contribution >= 0.6 is 0 Å². The van der Waals surface area contributed by atoms with Gasteiger partial charge in [-0.15, -0.1) is 0 Å². The molecule has 1 aliphatic rings. The summed E-state index contributed by atoms with van der Waals surface area (Å²) in [6.45, 7) is 1.82. The fourth-order valence-electron chi connectivity index (χ4n) is 2.65. The van der Waals surface area contributed by atoms with E-state index in [0.29, 0.717) is 37.3 Å². The summed E-state index contributed by atoms with van der Waals surface area (Å²) in [6.07, 6.45) is 3.23. The molecule has 7 nitrogen and oxygen atoms in total. The van der Waals surface area contributed by atoms with Gasteiger partial charge in [0, 0.05) is 39.4 Å². The van der Waals surface area contributed by atoms with E-state index >= 15 is 0 Å². The average molecular weight is 314 g/mol. The molecule has 23 heavy (non-hydrogen) atoms. The number of hydrogen-bond acceptors (Lipinski definition) is 4. The third-order valence-corrected chi connectivity index (χ3v) is 3.94. The molecule has 1 saturated heterocycles. The van der Waals surface area contributed by atoms with E-state index in [-0.39, 0.29) is 17.6 Å². The predicted molar refractivity (Wildman–Crippen MR) is 83.1 cm³/mol. The topological polar surface area (TPSA) is 78.7 Å². The molecule has 0 atom stereocenters. The molecule has 0 radical (unpaired) electrons. The van der Waals surface area contributed by atoms with Crippen LogP contribution in [0.25, 0.3) is 0 Å². The number of nitrogens with zero attached hydrogens (tertiary/aromatic N) is 4. The van der Waals surface area contributed by atoms with Crippen LogP contribution in [0.4, 0.5) is 0 Å². The first-order valence-electron chi connectivity index (χ1n) is 7.41. The van der Waals surface area contributed by atoms with Gasteiger partial charge in [0.2, 0.25) is 0 Å². The minimum Gasteiger partial charge on any atom is -0.507 e. The van der Waals surface area contributed by atoms with Gasteiger partial charge in [-0.3, -0.25) is 14.3 Å². The predicted octanol–water partition coefficient (Wildman–Crippen LogP) is 0.724. The number of aromatic hydroxyl groups is 1. The molecule has 0 aliphatic carbocycles. The van der Waals surface area contributed by atoms with Gasteiger partial charge in [-0.1, -0.05) is 12.1 Å². The van der Waals surface area contributed by atoms with Crippen LogP contribution in [0.15, 0.2) is 36.7 Å². The fourth-order valence-corrected chi connectivity index (χ4v) is 2.65. The van der Waals surface area contributed by atoms with Crippen molar-refractivity contribution in [3.63, 3.8) is 0 Å². The number of aromatic nitrogens is 2. The van der Waals surface area contributed by atoms with Gasteiger partial charge in [0.05, 0.1) is 17.3 Å². The molecule has 0 spiro atoms. The van der Waals surface area contributed by atoms with Crippen LogP contribution in [-0.2, 0) is 7.05 Å². The largest absolute Gasteiger partial charge is 0.507 e. The number of benzene rings is 1. The van der Waals surface area contributed by atoms with Crippen molar-refractivity contribution in [2.24, 2.45) is 7.05 Å². The minimum atomic E-state index is -0.212. The van der Waals surface area contributed by atoms with Crippen LogP contribution in [-0.4, -0.2) is 62.7 Å².